The number of likely N-dealkylation sites (N-methyl/N-ethyl adjacent to an activating group) is 1. The molecule has 2 aliphatic carbocycles. The lowest BCUT2D eigenvalue weighted by Crippen LogP contribution is -2.30. The number of hydrogen-bond acceptors (Lipinski definition) is 7. The van der Waals surface area contributed by atoms with Crippen molar-refractivity contribution in [3.8, 4) is 0 Å². The van der Waals surface area contributed by atoms with Gasteiger partial charge in [0.1, 0.15) is 5.70 Å². The first-order chi connectivity index (χ1) is 17.7. The number of amides is 2. The summed E-state index contributed by atoms with van der Waals surface area (Å²) >= 11 is 4.97. The van der Waals surface area contributed by atoms with E-state index in [1.807, 2.05) is 42.7 Å². The van der Waals surface area contributed by atoms with Crippen LogP contribution in [-0.2, 0) is 14.4 Å². The third-order valence-corrected chi connectivity index (χ3v) is 7.28. The van der Waals surface area contributed by atoms with E-state index in [2.05, 4.69) is 36.2 Å². The van der Waals surface area contributed by atoms with Gasteiger partial charge >= 0.3 is 5.97 Å². The van der Waals surface area contributed by atoms with Crippen molar-refractivity contribution in [3.63, 3.8) is 0 Å². The first kappa shape index (κ1) is 28.5. The Labute approximate surface area is 229 Å². The first-order valence-electron chi connectivity index (χ1n) is 12.0. The van der Waals surface area contributed by atoms with Crippen LogP contribution in [0.5, 0.6) is 0 Å². The minimum atomic E-state index is -0.991. The highest BCUT2D eigenvalue weighted by Crippen LogP contribution is 2.44. The van der Waals surface area contributed by atoms with E-state index in [1.54, 1.807) is 19.0 Å². The number of carboxylic acids is 1. The fourth-order valence-corrected chi connectivity index (χ4v) is 4.80. The SMILES string of the molecule is CNC(=O)/C(Nc1ccc(Br)cc1)=C1\C=C(C2CC2)C(N(CCCNC(=O)CCC(=O)O)SC)=CC1=N. The van der Waals surface area contributed by atoms with Gasteiger partial charge in [0.2, 0.25) is 5.91 Å². The van der Waals surface area contributed by atoms with Gasteiger partial charge in [0.05, 0.1) is 17.8 Å². The molecule has 198 valence electrons. The lowest BCUT2D eigenvalue weighted by atomic mass is 9.92. The molecule has 11 heteroatoms. The van der Waals surface area contributed by atoms with Crippen molar-refractivity contribution < 1.29 is 19.5 Å². The molecule has 5 N–H and O–H groups in total. The summed E-state index contributed by atoms with van der Waals surface area (Å²) in [7, 11) is 1.57. The molecule has 0 aromatic heterocycles. The number of nitrogens with zero attached hydrogens (tertiary/aromatic N) is 1. The van der Waals surface area contributed by atoms with Crippen LogP contribution in [0.4, 0.5) is 5.69 Å². The maximum Gasteiger partial charge on any atom is 0.303 e. The molecule has 1 fully saturated rings. The fourth-order valence-electron chi connectivity index (χ4n) is 3.87. The molecule has 0 heterocycles. The molecule has 1 saturated carbocycles. The zero-order chi connectivity index (χ0) is 26.9. The van der Waals surface area contributed by atoms with Crippen molar-refractivity contribution in [1.29, 1.82) is 5.41 Å². The number of halogens is 1. The zero-order valence-corrected chi connectivity index (χ0v) is 23.3. The van der Waals surface area contributed by atoms with E-state index < -0.39 is 5.97 Å². The molecule has 2 aliphatic rings. The minimum absolute atomic E-state index is 0.0322. The average Bonchev–Trinajstić information content (AvgIpc) is 3.72. The molecular weight excluding hydrogens is 558 g/mol. The van der Waals surface area contributed by atoms with Crippen LogP contribution < -0.4 is 16.0 Å². The monoisotopic (exact) mass is 589 g/mol. The molecular formula is C26H32BrN5O4S. The van der Waals surface area contributed by atoms with Crippen molar-refractivity contribution in [2.75, 3.05) is 31.7 Å². The van der Waals surface area contributed by atoms with Crippen LogP contribution >= 0.6 is 27.9 Å². The number of allylic oxidation sites excluding steroid dienone is 4. The number of anilines is 1. The topological polar surface area (TPSA) is 135 Å². The number of benzene rings is 1. The Bertz CT molecular complexity index is 1140. The summed E-state index contributed by atoms with van der Waals surface area (Å²) in [4.78, 5) is 35.3. The summed E-state index contributed by atoms with van der Waals surface area (Å²) in [6.07, 6.45) is 8.31. The van der Waals surface area contributed by atoms with E-state index in [-0.39, 0.29) is 30.4 Å². The molecule has 9 nitrogen and oxygen atoms in total. The van der Waals surface area contributed by atoms with Gasteiger partial charge in [-0.1, -0.05) is 27.9 Å². The van der Waals surface area contributed by atoms with Crippen molar-refractivity contribution in [1.82, 2.24) is 14.9 Å². The standard InChI is InChI=1S/C26H32BrN5O4S/c1-29-26(36)25(31-18-8-6-17(27)7-9-18)20-14-19(16-4-5-16)22(15-21(20)28)32(37-2)13-3-12-30-23(33)10-11-24(34)35/h6-9,14-16,28,31H,3-5,10-13H2,1-2H3,(H,29,36)(H,30,33)(H,34,35)/b25-20-,28-21?. The lowest BCUT2D eigenvalue weighted by Gasteiger charge is -2.30. The Morgan fingerprint density at radius 3 is 2.46 bits per heavy atom. The third kappa shape index (κ3) is 8.22. The van der Waals surface area contributed by atoms with Crippen LogP contribution in [0, 0.1) is 11.3 Å². The second-order valence-corrected chi connectivity index (χ2v) is 10.4. The van der Waals surface area contributed by atoms with Gasteiger partial charge in [-0.25, -0.2) is 0 Å². The molecule has 0 atom stereocenters. The number of rotatable bonds is 13. The molecule has 1 aromatic rings. The quantitative estimate of drug-likeness (QED) is 0.133. The van der Waals surface area contributed by atoms with Gasteiger partial charge in [0.25, 0.3) is 5.91 Å². The zero-order valence-electron chi connectivity index (χ0n) is 20.9. The first-order valence-corrected chi connectivity index (χ1v) is 14.0. The Hall–Kier alpha value is -3.05. The number of carboxylic acid groups (broad SMARTS) is 1. The summed E-state index contributed by atoms with van der Waals surface area (Å²) in [5.41, 5.74) is 3.89. The summed E-state index contributed by atoms with van der Waals surface area (Å²) in [6, 6.07) is 7.50. The molecule has 2 amide bonds. The Balaban J connectivity index is 1.78. The van der Waals surface area contributed by atoms with E-state index in [1.165, 1.54) is 0 Å². The van der Waals surface area contributed by atoms with Crippen LogP contribution in [0.25, 0.3) is 0 Å². The second-order valence-electron chi connectivity index (χ2n) is 8.70. The van der Waals surface area contributed by atoms with Gasteiger partial charge in [0.15, 0.2) is 0 Å². The predicted molar refractivity (Wildman–Crippen MR) is 150 cm³/mol. The van der Waals surface area contributed by atoms with Crippen LogP contribution in [0.2, 0.25) is 0 Å². The summed E-state index contributed by atoms with van der Waals surface area (Å²) in [5.74, 6) is -1.19. The molecule has 0 unspecified atom stereocenters. The van der Waals surface area contributed by atoms with Crippen molar-refractivity contribution in [2.45, 2.75) is 32.1 Å². The van der Waals surface area contributed by atoms with Crippen molar-refractivity contribution in [3.05, 3.63) is 63.4 Å². The highest BCUT2D eigenvalue weighted by molar-refractivity contribution is 9.10. The Kier molecular flexibility index (Phi) is 10.4. The van der Waals surface area contributed by atoms with Gasteiger partial charge in [0, 0.05) is 48.5 Å². The largest absolute Gasteiger partial charge is 0.481 e. The van der Waals surface area contributed by atoms with Gasteiger partial charge in [-0.15, -0.1) is 0 Å². The van der Waals surface area contributed by atoms with Gasteiger partial charge in [-0.05, 0) is 67.2 Å². The summed E-state index contributed by atoms with van der Waals surface area (Å²) in [6.45, 7) is 1.08. The van der Waals surface area contributed by atoms with E-state index in [0.717, 1.165) is 34.3 Å². The lowest BCUT2D eigenvalue weighted by molar-refractivity contribution is -0.138. The summed E-state index contributed by atoms with van der Waals surface area (Å²) in [5, 5.41) is 26.2. The molecule has 1 aromatic carbocycles. The van der Waals surface area contributed by atoms with E-state index in [4.69, 9.17) is 10.5 Å². The fraction of sp³-hybridized carbons (Fsp3) is 0.385. The van der Waals surface area contributed by atoms with Crippen LogP contribution in [0.15, 0.2) is 63.4 Å². The minimum Gasteiger partial charge on any atom is -0.481 e. The number of hydrogen-bond donors (Lipinski definition) is 5. The van der Waals surface area contributed by atoms with E-state index in [0.29, 0.717) is 36.7 Å². The van der Waals surface area contributed by atoms with E-state index in [9.17, 15) is 14.4 Å². The third-order valence-electron chi connectivity index (χ3n) is 5.94. The molecule has 0 aliphatic heterocycles. The Morgan fingerprint density at radius 1 is 1.16 bits per heavy atom. The number of aliphatic carboxylic acids is 1. The van der Waals surface area contributed by atoms with Crippen LogP contribution in [0.3, 0.4) is 0 Å². The predicted octanol–water partition coefficient (Wildman–Crippen LogP) is 4.07. The van der Waals surface area contributed by atoms with E-state index >= 15 is 0 Å². The highest BCUT2D eigenvalue weighted by atomic mass is 79.9. The van der Waals surface area contributed by atoms with Crippen LogP contribution in [-0.4, -0.2) is 59.3 Å². The van der Waals surface area contributed by atoms with Gasteiger partial charge < -0.3 is 30.8 Å². The summed E-state index contributed by atoms with van der Waals surface area (Å²) < 4.78 is 3.04. The number of carbonyl (C=O) groups excluding carboxylic acids is 2. The highest BCUT2D eigenvalue weighted by Gasteiger charge is 2.34. The van der Waals surface area contributed by atoms with Gasteiger partial charge in [-0.3, -0.25) is 14.4 Å². The van der Waals surface area contributed by atoms with Crippen LogP contribution in [0.1, 0.15) is 32.1 Å². The van der Waals surface area contributed by atoms with Crippen molar-refractivity contribution >= 4 is 57.1 Å². The number of carbonyl (C=O) groups is 3. The normalized spacial score (nSPS) is 16.4. The molecule has 0 bridgehead atoms. The maximum absolute atomic E-state index is 12.8. The van der Waals surface area contributed by atoms with Crippen molar-refractivity contribution in [2.24, 2.45) is 5.92 Å². The Morgan fingerprint density at radius 2 is 1.86 bits per heavy atom. The smallest absolute Gasteiger partial charge is 0.303 e. The number of nitrogens with one attached hydrogen (secondary N) is 4. The second kappa shape index (κ2) is 13.5. The average molecular weight is 591 g/mol. The molecule has 0 radical (unpaired) electrons. The molecule has 3 rings (SSSR count). The maximum atomic E-state index is 12.8. The molecule has 0 saturated heterocycles. The molecule has 0 spiro atoms. The van der Waals surface area contributed by atoms with Gasteiger partial charge in [-0.2, -0.15) is 0 Å². The molecule has 37 heavy (non-hydrogen) atoms.